The summed E-state index contributed by atoms with van der Waals surface area (Å²) in [4.78, 5) is 15.5. The van der Waals surface area contributed by atoms with Gasteiger partial charge in [-0.25, -0.2) is 0 Å². The molecule has 0 spiro atoms. The summed E-state index contributed by atoms with van der Waals surface area (Å²) < 4.78 is 0. The van der Waals surface area contributed by atoms with Gasteiger partial charge in [-0.05, 0) is 24.5 Å². The Morgan fingerprint density at radius 3 is 2.60 bits per heavy atom. The highest BCUT2D eigenvalue weighted by atomic mass is 16.4. The van der Waals surface area contributed by atoms with E-state index in [2.05, 4.69) is 4.98 Å². The Bertz CT molecular complexity index is 342. The van der Waals surface area contributed by atoms with Crippen LogP contribution in [-0.4, -0.2) is 16.1 Å². The van der Waals surface area contributed by atoms with Crippen LogP contribution in [0.1, 0.15) is 37.7 Å². The summed E-state index contributed by atoms with van der Waals surface area (Å²) in [5.74, 6) is -0.699. The van der Waals surface area contributed by atoms with Crippen LogP contribution in [0.25, 0.3) is 0 Å². The van der Waals surface area contributed by atoms with Crippen molar-refractivity contribution in [2.75, 3.05) is 0 Å². The third-order valence-electron chi connectivity index (χ3n) is 3.33. The number of pyridine rings is 1. The lowest BCUT2D eigenvalue weighted by Crippen LogP contribution is -2.37. The van der Waals surface area contributed by atoms with Crippen LogP contribution < -0.4 is 0 Å². The Balaban J connectivity index is 2.38. The van der Waals surface area contributed by atoms with Crippen LogP contribution in [0, 0.1) is 0 Å². The molecule has 0 saturated heterocycles. The van der Waals surface area contributed by atoms with Gasteiger partial charge in [0.2, 0.25) is 0 Å². The van der Waals surface area contributed by atoms with Crippen molar-refractivity contribution in [1.82, 2.24) is 4.98 Å². The summed E-state index contributed by atoms with van der Waals surface area (Å²) >= 11 is 0. The molecule has 1 aliphatic rings. The highest BCUT2D eigenvalue weighted by molar-refractivity contribution is 5.81. The summed E-state index contributed by atoms with van der Waals surface area (Å²) in [6.07, 6.45) is 8.01. The van der Waals surface area contributed by atoms with Crippen molar-refractivity contribution >= 4 is 5.97 Å². The van der Waals surface area contributed by atoms with Crippen LogP contribution >= 0.6 is 0 Å². The van der Waals surface area contributed by atoms with Gasteiger partial charge in [0.05, 0.1) is 5.41 Å². The molecule has 1 N–H and O–H groups in total. The van der Waals surface area contributed by atoms with Gasteiger partial charge in [0.25, 0.3) is 0 Å². The highest BCUT2D eigenvalue weighted by Crippen LogP contribution is 2.39. The standard InChI is InChI=1S/C12H15NO2/c14-11(15)12(6-2-1-3-7-12)10-5-4-8-13-9-10/h4-5,8-9H,1-3,6-7H2,(H,14,15). The molecular weight excluding hydrogens is 190 g/mol. The molecule has 1 fully saturated rings. The summed E-state index contributed by atoms with van der Waals surface area (Å²) in [7, 11) is 0. The molecular formula is C12H15NO2. The van der Waals surface area contributed by atoms with E-state index in [1.165, 1.54) is 0 Å². The molecule has 0 bridgehead atoms. The van der Waals surface area contributed by atoms with E-state index in [0.29, 0.717) is 0 Å². The molecule has 0 atom stereocenters. The van der Waals surface area contributed by atoms with Crippen LogP contribution in [0.2, 0.25) is 0 Å². The number of rotatable bonds is 2. The molecule has 3 heteroatoms. The molecule has 15 heavy (non-hydrogen) atoms. The Hall–Kier alpha value is -1.38. The van der Waals surface area contributed by atoms with Gasteiger partial charge in [-0.2, -0.15) is 0 Å². The zero-order chi connectivity index (χ0) is 10.7. The fourth-order valence-corrected chi connectivity index (χ4v) is 2.43. The smallest absolute Gasteiger partial charge is 0.314 e. The second kappa shape index (κ2) is 4.01. The predicted molar refractivity (Wildman–Crippen MR) is 56.6 cm³/mol. The Morgan fingerprint density at radius 1 is 1.33 bits per heavy atom. The molecule has 0 radical (unpaired) electrons. The van der Waals surface area contributed by atoms with Gasteiger partial charge in [-0.1, -0.05) is 25.3 Å². The molecule has 1 aromatic heterocycles. The number of nitrogens with zero attached hydrogens (tertiary/aromatic N) is 1. The van der Waals surface area contributed by atoms with Crippen molar-refractivity contribution in [2.45, 2.75) is 37.5 Å². The minimum absolute atomic E-state index is 0.674. The van der Waals surface area contributed by atoms with E-state index < -0.39 is 11.4 Å². The SMILES string of the molecule is O=C(O)C1(c2cccnc2)CCCCC1. The summed E-state index contributed by atoms with van der Waals surface area (Å²) in [5.41, 5.74) is 0.184. The first-order chi connectivity index (χ1) is 7.26. The van der Waals surface area contributed by atoms with E-state index in [-0.39, 0.29) is 0 Å². The molecule has 0 aliphatic heterocycles. The van der Waals surface area contributed by atoms with E-state index in [1.54, 1.807) is 12.4 Å². The number of aliphatic carboxylic acids is 1. The van der Waals surface area contributed by atoms with Gasteiger partial charge in [0.1, 0.15) is 0 Å². The highest BCUT2D eigenvalue weighted by Gasteiger charge is 2.41. The van der Waals surface area contributed by atoms with Crippen molar-refractivity contribution in [2.24, 2.45) is 0 Å². The number of aromatic nitrogens is 1. The van der Waals surface area contributed by atoms with Crippen LogP contribution in [0.3, 0.4) is 0 Å². The van der Waals surface area contributed by atoms with Crippen LogP contribution in [0.15, 0.2) is 24.5 Å². The van der Waals surface area contributed by atoms with E-state index in [1.807, 2.05) is 12.1 Å². The van der Waals surface area contributed by atoms with Gasteiger partial charge in [-0.3, -0.25) is 9.78 Å². The number of carboxylic acid groups (broad SMARTS) is 1. The minimum atomic E-state index is -0.699. The van der Waals surface area contributed by atoms with Gasteiger partial charge in [0.15, 0.2) is 0 Å². The second-order valence-corrected chi connectivity index (χ2v) is 4.19. The molecule has 1 heterocycles. The van der Waals surface area contributed by atoms with E-state index in [9.17, 15) is 9.90 Å². The first kappa shape index (κ1) is 10.1. The van der Waals surface area contributed by atoms with Crippen molar-refractivity contribution in [3.05, 3.63) is 30.1 Å². The van der Waals surface area contributed by atoms with Crippen LogP contribution in [-0.2, 0) is 10.2 Å². The molecule has 3 nitrogen and oxygen atoms in total. The van der Waals surface area contributed by atoms with Crippen LogP contribution in [0.5, 0.6) is 0 Å². The summed E-state index contributed by atoms with van der Waals surface area (Å²) in [6, 6.07) is 3.70. The normalized spacial score (nSPS) is 19.7. The fourth-order valence-electron chi connectivity index (χ4n) is 2.43. The average Bonchev–Trinajstić information content (AvgIpc) is 2.31. The quantitative estimate of drug-likeness (QED) is 0.806. The van der Waals surface area contributed by atoms with Gasteiger partial charge >= 0.3 is 5.97 Å². The lowest BCUT2D eigenvalue weighted by molar-refractivity contribution is -0.145. The maximum Gasteiger partial charge on any atom is 0.314 e. The average molecular weight is 205 g/mol. The van der Waals surface area contributed by atoms with Gasteiger partial charge in [-0.15, -0.1) is 0 Å². The molecule has 1 aliphatic carbocycles. The third kappa shape index (κ3) is 1.74. The fraction of sp³-hybridized carbons (Fsp3) is 0.500. The Morgan fingerprint density at radius 2 is 2.07 bits per heavy atom. The summed E-state index contributed by atoms with van der Waals surface area (Å²) in [6.45, 7) is 0. The zero-order valence-corrected chi connectivity index (χ0v) is 8.65. The largest absolute Gasteiger partial charge is 0.481 e. The lowest BCUT2D eigenvalue weighted by Gasteiger charge is -2.33. The molecule has 1 aromatic rings. The number of carbonyl (C=O) groups is 1. The molecule has 0 amide bonds. The predicted octanol–water partition coefficient (Wildman–Crippen LogP) is 2.37. The first-order valence-electron chi connectivity index (χ1n) is 5.40. The Labute approximate surface area is 89.2 Å². The third-order valence-corrected chi connectivity index (χ3v) is 3.33. The number of hydrogen-bond acceptors (Lipinski definition) is 2. The molecule has 1 saturated carbocycles. The molecule has 80 valence electrons. The van der Waals surface area contributed by atoms with Crippen molar-refractivity contribution in [3.8, 4) is 0 Å². The minimum Gasteiger partial charge on any atom is -0.481 e. The maximum atomic E-state index is 11.4. The van der Waals surface area contributed by atoms with Gasteiger partial charge in [0, 0.05) is 12.4 Å². The van der Waals surface area contributed by atoms with Crippen molar-refractivity contribution in [3.63, 3.8) is 0 Å². The first-order valence-corrected chi connectivity index (χ1v) is 5.40. The van der Waals surface area contributed by atoms with Crippen LogP contribution in [0.4, 0.5) is 0 Å². The summed E-state index contributed by atoms with van der Waals surface area (Å²) in [5, 5.41) is 9.41. The molecule has 2 rings (SSSR count). The van der Waals surface area contributed by atoms with E-state index in [0.717, 1.165) is 37.7 Å². The van der Waals surface area contributed by atoms with Gasteiger partial charge < -0.3 is 5.11 Å². The van der Waals surface area contributed by atoms with E-state index >= 15 is 0 Å². The van der Waals surface area contributed by atoms with Crippen molar-refractivity contribution in [1.29, 1.82) is 0 Å². The number of carboxylic acids is 1. The Kier molecular flexibility index (Phi) is 2.71. The monoisotopic (exact) mass is 205 g/mol. The molecule has 0 aromatic carbocycles. The zero-order valence-electron chi connectivity index (χ0n) is 8.65. The van der Waals surface area contributed by atoms with E-state index in [4.69, 9.17) is 0 Å². The lowest BCUT2D eigenvalue weighted by atomic mass is 9.70. The number of hydrogen-bond donors (Lipinski definition) is 1. The second-order valence-electron chi connectivity index (χ2n) is 4.19. The topological polar surface area (TPSA) is 50.2 Å². The van der Waals surface area contributed by atoms with Crippen molar-refractivity contribution < 1.29 is 9.90 Å². The maximum absolute atomic E-state index is 11.4. The molecule has 0 unspecified atom stereocenters.